The van der Waals surface area contributed by atoms with Crippen molar-refractivity contribution in [3.63, 3.8) is 0 Å². The van der Waals surface area contributed by atoms with E-state index < -0.39 is 0 Å². The SMILES string of the molecule is O=C(Cn1nnc2ccccc21)N1CCCC1c1nc2ccccc2[nH]1. The van der Waals surface area contributed by atoms with Crippen LogP contribution in [0.25, 0.3) is 22.1 Å². The van der Waals surface area contributed by atoms with Crippen molar-refractivity contribution in [3.05, 3.63) is 54.4 Å². The van der Waals surface area contributed by atoms with Crippen molar-refractivity contribution in [2.24, 2.45) is 0 Å². The number of nitrogens with zero attached hydrogens (tertiary/aromatic N) is 5. The molecule has 4 aromatic rings. The van der Waals surface area contributed by atoms with Crippen LogP contribution in [0.4, 0.5) is 0 Å². The summed E-state index contributed by atoms with van der Waals surface area (Å²) in [4.78, 5) is 22.9. The van der Waals surface area contributed by atoms with E-state index in [1.165, 1.54) is 0 Å². The number of carbonyl (C=O) groups is 1. The number of aromatic amines is 1. The Bertz CT molecular complexity index is 1060. The van der Waals surface area contributed by atoms with E-state index in [9.17, 15) is 4.79 Å². The number of carbonyl (C=O) groups excluding carboxylic acids is 1. The van der Waals surface area contributed by atoms with Crippen molar-refractivity contribution in [1.29, 1.82) is 0 Å². The predicted molar refractivity (Wildman–Crippen MR) is 97.3 cm³/mol. The van der Waals surface area contributed by atoms with Gasteiger partial charge in [0.1, 0.15) is 17.9 Å². The summed E-state index contributed by atoms with van der Waals surface area (Å²) >= 11 is 0. The fourth-order valence-electron chi connectivity index (χ4n) is 3.73. The second-order valence-corrected chi connectivity index (χ2v) is 6.62. The van der Waals surface area contributed by atoms with E-state index in [4.69, 9.17) is 4.98 Å². The number of imidazole rings is 1. The zero-order valence-electron chi connectivity index (χ0n) is 14.2. The van der Waals surface area contributed by atoms with E-state index in [0.29, 0.717) is 0 Å². The number of para-hydroxylation sites is 3. The zero-order chi connectivity index (χ0) is 17.5. The molecule has 1 fully saturated rings. The van der Waals surface area contributed by atoms with E-state index in [-0.39, 0.29) is 18.5 Å². The largest absolute Gasteiger partial charge is 0.340 e. The maximum atomic E-state index is 13.0. The van der Waals surface area contributed by atoms with E-state index in [1.54, 1.807) is 4.68 Å². The molecule has 2 aromatic heterocycles. The third kappa shape index (κ3) is 2.44. The van der Waals surface area contributed by atoms with E-state index in [1.807, 2.05) is 53.4 Å². The normalized spacial score (nSPS) is 17.4. The van der Waals surface area contributed by atoms with Gasteiger partial charge in [-0.15, -0.1) is 5.10 Å². The Morgan fingerprint density at radius 1 is 1.12 bits per heavy atom. The topological polar surface area (TPSA) is 79.7 Å². The highest BCUT2D eigenvalue weighted by molar-refractivity contribution is 5.80. The van der Waals surface area contributed by atoms with Gasteiger partial charge in [0.05, 0.1) is 22.6 Å². The highest BCUT2D eigenvalue weighted by atomic mass is 16.2. The van der Waals surface area contributed by atoms with Crippen LogP contribution in [0.5, 0.6) is 0 Å². The highest BCUT2D eigenvalue weighted by Crippen LogP contribution is 2.31. The van der Waals surface area contributed by atoms with Crippen molar-refractivity contribution in [2.75, 3.05) is 6.54 Å². The highest BCUT2D eigenvalue weighted by Gasteiger charge is 2.32. The number of benzene rings is 2. The van der Waals surface area contributed by atoms with Gasteiger partial charge in [-0.2, -0.15) is 0 Å². The third-order valence-electron chi connectivity index (χ3n) is 5.00. The van der Waals surface area contributed by atoms with Crippen molar-refractivity contribution in [2.45, 2.75) is 25.4 Å². The molecule has 0 spiro atoms. The number of nitrogens with one attached hydrogen (secondary N) is 1. The molecule has 26 heavy (non-hydrogen) atoms. The van der Waals surface area contributed by atoms with Crippen LogP contribution in [-0.2, 0) is 11.3 Å². The molecule has 5 rings (SSSR count). The summed E-state index contributed by atoms with van der Waals surface area (Å²) in [6.45, 7) is 0.935. The van der Waals surface area contributed by atoms with Gasteiger partial charge in [-0.3, -0.25) is 4.79 Å². The molecule has 3 heterocycles. The maximum absolute atomic E-state index is 13.0. The second-order valence-electron chi connectivity index (χ2n) is 6.62. The van der Waals surface area contributed by atoms with E-state index in [0.717, 1.165) is 47.3 Å². The van der Waals surface area contributed by atoms with Gasteiger partial charge in [0.2, 0.25) is 5.91 Å². The molecule has 1 aliphatic heterocycles. The van der Waals surface area contributed by atoms with Gasteiger partial charge in [0.25, 0.3) is 0 Å². The number of aromatic nitrogens is 5. The third-order valence-corrected chi connectivity index (χ3v) is 5.00. The first-order chi connectivity index (χ1) is 12.8. The summed E-state index contributed by atoms with van der Waals surface area (Å²) in [5, 5.41) is 8.26. The molecule has 1 saturated heterocycles. The summed E-state index contributed by atoms with van der Waals surface area (Å²) < 4.78 is 1.67. The Morgan fingerprint density at radius 2 is 1.92 bits per heavy atom. The quantitative estimate of drug-likeness (QED) is 0.618. The molecular weight excluding hydrogens is 328 g/mol. The van der Waals surface area contributed by atoms with E-state index in [2.05, 4.69) is 15.3 Å². The minimum Gasteiger partial charge on any atom is -0.340 e. The number of hydrogen-bond acceptors (Lipinski definition) is 4. The van der Waals surface area contributed by atoms with Gasteiger partial charge < -0.3 is 9.88 Å². The smallest absolute Gasteiger partial charge is 0.245 e. The number of likely N-dealkylation sites (tertiary alicyclic amines) is 1. The molecule has 1 aliphatic rings. The van der Waals surface area contributed by atoms with Crippen LogP contribution in [0.2, 0.25) is 0 Å². The first-order valence-electron chi connectivity index (χ1n) is 8.82. The molecule has 2 aromatic carbocycles. The monoisotopic (exact) mass is 346 g/mol. The lowest BCUT2D eigenvalue weighted by Gasteiger charge is -2.23. The lowest BCUT2D eigenvalue weighted by atomic mass is 10.2. The Balaban J connectivity index is 1.42. The number of fused-ring (bicyclic) bond motifs is 2. The van der Waals surface area contributed by atoms with Gasteiger partial charge in [-0.25, -0.2) is 9.67 Å². The van der Waals surface area contributed by atoms with Crippen LogP contribution in [0, 0.1) is 0 Å². The average molecular weight is 346 g/mol. The second kappa shape index (κ2) is 5.94. The molecule has 0 bridgehead atoms. The van der Waals surface area contributed by atoms with Gasteiger partial charge in [0.15, 0.2) is 0 Å². The first-order valence-corrected chi connectivity index (χ1v) is 8.82. The Hall–Kier alpha value is -3.22. The van der Waals surface area contributed by atoms with Gasteiger partial charge in [0, 0.05) is 6.54 Å². The summed E-state index contributed by atoms with van der Waals surface area (Å²) in [6, 6.07) is 15.6. The fraction of sp³-hybridized carbons (Fsp3) is 0.263. The molecular formula is C19H18N6O. The molecule has 1 atom stereocenters. The van der Waals surface area contributed by atoms with Crippen LogP contribution >= 0.6 is 0 Å². The van der Waals surface area contributed by atoms with Crippen LogP contribution in [0.3, 0.4) is 0 Å². The van der Waals surface area contributed by atoms with Crippen molar-refractivity contribution in [1.82, 2.24) is 29.9 Å². The molecule has 7 nitrogen and oxygen atoms in total. The number of amides is 1. The maximum Gasteiger partial charge on any atom is 0.245 e. The molecule has 1 unspecified atom stereocenters. The Kier molecular flexibility index (Phi) is 3.44. The van der Waals surface area contributed by atoms with Crippen molar-refractivity contribution in [3.8, 4) is 0 Å². The Labute approximate surface area is 149 Å². The molecule has 0 aliphatic carbocycles. The van der Waals surface area contributed by atoms with Gasteiger partial charge in [-0.05, 0) is 37.1 Å². The van der Waals surface area contributed by atoms with Gasteiger partial charge in [-0.1, -0.05) is 29.5 Å². The predicted octanol–water partition coefficient (Wildman–Crippen LogP) is 2.67. The number of hydrogen-bond donors (Lipinski definition) is 1. The van der Waals surface area contributed by atoms with Crippen molar-refractivity contribution < 1.29 is 4.79 Å². The summed E-state index contributed by atoms with van der Waals surface area (Å²) in [5.74, 6) is 0.907. The molecule has 130 valence electrons. The Morgan fingerprint density at radius 3 is 2.81 bits per heavy atom. The lowest BCUT2D eigenvalue weighted by molar-refractivity contribution is -0.133. The van der Waals surface area contributed by atoms with Crippen molar-refractivity contribution >= 4 is 28.0 Å². The first kappa shape index (κ1) is 15.1. The van der Waals surface area contributed by atoms with Crippen LogP contribution in [-0.4, -0.2) is 42.3 Å². The molecule has 1 N–H and O–H groups in total. The van der Waals surface area contributed by atoms with E-state index >= 15 is 0 Å². The summed E-state index contributed by atoms with van der Waals surface area (Å²) in [6.07, 6.45) is 1.90. The molecule has 0 radical (unpaired) electrons. The average Bonchev–Trinajstić information content (AvgIpc) is 3.39. The minimum absolute atomic E-state index is 0.00955. The van der Waals surface area contributed by atoms with Crippen LogP contribution in [0.1, 0.15) is 24.7 Å². The molecule has 0 saturated carbocycles. The zero-order valence-corrected chi connectivity index (χ0v) is 14.2. The summed E-state index contributed by atoms with van der Waals surface area (Å²) in [7, 11) is 0. The number of H-pyrrole nitrogens is 1. The summed E-state index contributed by atoms with van der Waals surface area (Å²) in [5.41, 5.74) is 3.61. The fourth-order valence-corrected chi connectivity index (χ4v) is 3.73. The molecule has 1 amide bonds. The van der Waals surface area contributed by atoms with Crippen LogP contribution in [0.15, 0.2) is 48.5 Å². The van der Waals surface area contributed by atoms with Crippen LogP contribution < -0.4 is 0 Å². The number of rotatable bonds is 3. The van der Waals surface area contributed by atoms with Gasteiger partial charge >= 0.3 is 0 Å². The standard InChI is InChI=1S/C19H18N6O/c26-18(12-25-16-9-4-3-8-15(16)22-23-25)24-11-5-10-17(24)19-20-13-6-1-2-7-14(13)21-19/h1-4,6-9,17H,5,10-12H2,(H,20,21). The lowest BCUT2D eigenvalue weighted by Crippen LogP contribution is -2.34. The molecule has 7 heteroatoms. The minimum atomic E-state index is -0.00955.